The molecule has 3 aromatic rings. The van der Waals surface area contributed by atoms with E-state index in [1.807, 2.05) is 17.0 Å². The lowest BCUT2D eigenvalue weighted by molar-refractivity contribution is -0.134. The summed E-state index contributed by atoms with van der Waals surface area (Å²) < 4.78 is 5.76. The molecule has 1 aromatic heterocycles. The van der Waals surface area contributed by atoms with Crippen LogP contribution in [0.3, 0.4) is 0 Å². The SMILES string of the molecule is O=C([C@@H]1CCCN1)N1CCc2onc(C(c3ccccc3)c3ccccc3)c2C1. The van der Waals surface area contributed by atoms with Gasteiger partial charge in [0.15, 0.2) is 0 Å². The summed E-state index contributed by atoms with van der Waals surface area (Å²) in [7, 11) is 0. The van der Waals surface area contributed by atoms with Crippen molar-refractivity contribution >= 4 is 5.91 Å². The Morgan fingerprint density at radius 3 is 2.38 bits per heavy atom. The molecule has 1 fully saturated rings. The predicted octanol–water partition coefficient (Wildman–Crippen LogP) is 3.49. The van der Waals surface area contributed by atoms with Crippen LogP contribution in [-0.2, 0) is 17.8 Å². The van der Waals surface area contributed by atoms with Crippen molar-refractivity contribution in [2.24, 2.45) is 0 Å². The number of fused-ring (bicyclic) bond motifs is 1. The maximum atomic E-state index is 13.0. The molecule has 1 atom stereocenters. The molecule has 5 rings (SSSR count). The molecule has 29 heavy (non-hydrogen) atoms. The van der Waals surface area contributed by atoms with Crippen LogP contribution in [0, 0.1) is 0 Å². The normalized spacial score (nSPS) is 18.8. The quantitative estimate of drug-likeness (QED) is 0.745. The van der Waals surface area contributed by atoms with Crippen molar-refractivity contribution in [1.82, 2.24) is 15.4 Å². The molecule has 148 valence electrons. The lowest BCUT2D eigenvalue weighted by Crippen LogP contribution is -2.45. The summed E-state index contributed by atoms with van der Waals surface area (Å²) in [5.74, 6) is 1.11. The number of aromatic nitrogens is 1. The van der Waals surface area contributed by atoms with Crippen molar-refractivity contribution in [1.29, 1.82) is 0 Å². The molecule has 3 heterocycles. The summed E-state index contributed by atoms with van der Waals surface area (Å²) in [4.78, 5) is 14.9. The standard InChI is InChI=1S/C24H25N3O2/c28-24(20-12-7-14-25-20)27-15-13-21-19(16-27)23(26-29-21)22(17-8-3-1-4-9-17)18-10-5-2-6-11-18/h1-6,8-11,20,22,25H,7,12-16H2/t20-/m0/s1. The second-order valence-corrected chi connectivity index (χ2v) is 7.88. The minimum absolute atomic E-state index is 0.00967. The average molecular weight is 387 g/mol. The zero-order chi connectivity index (χ0) is 19.6. The first-order valence-corrected chi connectivity index (χ1v) is 10.4. The lowest BCUT2D eigenvalue weighted by Gasteiger charge is -2.29. The van der Waals surface area contributed by atoms with Crippen LogP contribution in [0.1, 0.15) is 46.9 Å². The summed E-state index contributed by atoms with van der Waals surface area (Å²) >= 11 is 0. The second kappa shape index (κ2) is 7.84. The molecule has 0 unspecified atom stereocenters. The smallest absolute Gasteiger partial charge is 0.240 e. The summed E-state index contributed by atoms with van der Waals surface area (Å²) in [6.45, 7) is 2.19. The van der Waals surface area contributed by atoms with E-state index >= 15 is 0 Å². The topological polar surface area (TPSA) is 58.4 Å². The second-order valence-electron chi connectivity index (χ2n) is 7.88. The Hall–Kier alpha value is -2.92. The van der Waals surface area contributed by atoms with Gasteiger partial charge >= 0.3 is 0 Å². The number of carbonyl (C=O) groups is 1. The van der Waals surface area contributed by atoms with E-state index in [0.29, 0.717) is 13.1 Å². The van der Waals surface area contributed by atoms with Gasteiger partial charge in [-0.1, -0.05) is 65.8 Å². The van der Waals surface area contributed by atoms with Crippen molar-refractivity contribution in [2.75, 3.05) is 13.1 Å². The van der Waals surface area contributed by atoms with E-state index in [2.05, 4.69) is 59.0 Å². The molecule has 5 nitrogen and oxygen atoms in total. The third-order valence-corrected chi connectivity index (χ3v) is 6.07. The zero-order valence-corrected chi connectivity index (χ0v) is 16.4. The van der Waals surface area contributed by atoms with Crippen molar-refractivity contribution < 1.29 is 9.32 Å². The fraction of sp³-hybridized carbons (Fsp3) is 0.333. The third kappa shape index (κ3) is 3.47. The summed E-state index contributed by atoms with van der Waals surface area (Å²) in [5, 5.41) is 7.84. The van der Waals surface area contributed by atoms with E-state index in [1.54, 1.807) is 0 Å². The lowest BCUT2D eigenvalue weighted by atomic mass is 9.85. The first-order chi connectivity index (χ1) is 14.3. The fourth-order valence-corrected chi connectivity index (χ4v) is 4.56. The van der Waals surface area contributed by atoms with Crippen molar-refractivity contribution in [2.45, 2.75) is 37.8 Å². The van der Waals surface area contributed by atoms with Crippen LogP contribution in [0.4, 0.5) is 0 Å². The third-order valence-electron chi connectivity index (χ3n) is 6.07. The highest BCUT2D eigenvalue weighted by Gasteiger charge is 2.34. The maximum Gasteiger partial charge on any atom is 0.240 e. The van der Waals surface area contributed by atoms with E-state index in [9.17, 15) is 4.79 Å². The number of rotatable bonds is 4. The molecule has 0 bridgehead atoms. The van der Waals surface area contributed by atoms with Crippen LogP contribution in [0.15, 0.2) is 65.2 Å². The van der Waals surface area contributed by atoms with Gasteiger partial charge in [-0.05, 0) is 30.5 Å². The summed E-state index contributed by atoms with van der Waals surface area (Å²) in [5.41, 5.74) is 4.35. The van der Waals surface area contributed by atoms with Gasteiger partial charge in [0.05, 0.1) is 18.5 Å². The van der Waals surface area contributed by atoms with Crippen LogP contribution in [0.5, 0.6) is 0 Å². The highest BCUT2D eigenvalue weighted by molar-refractivity contribution is 5.82. The monoisotopic (exact) mass is 387 g/mol. The molecule has 1 N–H and O–H groups in total. The fourth-order valence-electron chi connectivity index (χ4n) is 4.56. The molecule has 1 amide bonds. The zero-order valence-electron chi connectivity index (χ0n) is 16.4. The molecule has 0 saturated carbocycles. The number of hydrogen-bond donors (Lipinski definition) is 1. The highest BCUT2D eigenvalue weighted by atomic mass is 16.5. The Bertz CT molecular complexity index is 938. The van der Waals surface area contributed by atoms with Gasteiger partial charge in [-0.25, -0.2) is 0 Å². The van der Waals surface area contributed by atoms with E-state index in [-0.39, 0.29) is 17.9 Å². The van der Waals surface area contributed by atoms with E-state index in [0.717, 1.165) is 42.8 Å². The van der Waals surface area contributed by atoms with Crippen LogP contribution >= 0.6 is 0 Å². The maximum absolute atomic E-state index is 13.0. The Labute approximate surface area is 170 Å². The molecule has 1 saturated heterocycles. The molecule has 2 aliphatic rings. The predicted molar refractivity (Wildman–Crippen MR) is 110 cm³/mol. The first-order valence-electron chi connectivity index (χ1n) is 10.4. The van der Waals surface area contributed by atoms with Gasteiger partial charge in [-0.2, -0.15) is 0 Å². The van der Waals surface area contributed by atoms with E-state index in [1.165, 1.54) is 11.1 Å². The number of amides is 1. The van der Waals surface area contributed by atoms with E-state index < -0.39 is 0 Å². The van der Waals surface area contributed by atoms with Gasteiger partial charge in [0, 0.05) is 18.5 Å². The number of nitrogens with one attached hydrogen (secondary N) is 1. The molecular weight excluding hydrogens is 362 g/mol. The Morgan fingerprint density at radius 2 is 1.76 bits per heavy atom. The minimum atomic E-state index is -0.0427. The van der Waals surface area contributed by atoms with E-state index in [4.69, 9.17) is 4.52 Å². The first kappa shape index (κ1) is 18.1. The largest absolute Gasteiger partial charge is 0.361 e. The number of carbonyl (C=O) groups excluding carboxylic acids is 1. The van der Waals surface area contributed by atoms with Gasteiger partial charge in [-0.15, -0.1) is 0 Å². The molecule has 2 aromatic carbocycles. The van der Waals surface area contributed by atoms with Crippen molar-refractivity contribution in [3.05, 3.63) is 88.8 Å². The van der Waals surface area contributed by atoms with Gasteiger partial charge in [0.1, 0.15) is 11.5 Å². The summed E-state index contributed by atoms with van der Waals surface area (Å²) in [6.07, 6.45) is 2.71. The molecular formula is C24H25N3O2. The Kier molecular flexibility index (Phi) is 4.90. The summed E-state index contributed by atoms with van der Waals surface area (Å²) in [6, 6.07) is 20.8. The van der Waals surface area contributed by atoms with Gasteiger partial charge in [0.25, 0.3) is 0 Å². The van der Waals surface area contributed by atoms with Crippen molar-refractivity contribution in [3.63, 3.8) is 0 Å². The Morgan fingerprint density at radius 1 is 1.07 bits per heavy atom. The van der Waals surface area contributed by atoms with Crippen LogP contribution in [0.25, 0.3) is 0 Å². The average Bonchev–Trinajstić information content (AvgIpc) is 3.45. The van der Waals surface area contributed by atoms with Gasteiger partial charge in [0.2, 0.25) is 5.91 Å². The molecule has 0 radical (unpaired) electrons. The van der Waals surface area contributed by atoms with Gasteiger partial charge in [-0.3, -0.25) is 4.79 Å². The van der Waals surface area contributed by atoms with Gasteiger partial charge < -0.3 is 14.7 Å². The van der Waals surface area contributed by atoms with Crippen molar-refractivity contribution in [3.8, 4) is 0 Å². The molecule has 0 spiro atoms. The molecule has 5 heteroatoms. The van der Waals surface area contributed by atoms with Crippen LogP contribution < -0.4 is 5.32 Å². The Balaban J connectivity index is 1.51. The number of benzene rings is 2. The number of nitrogens with zero attached hydrogens (tertiary/aromatic N) is 2. The highest BCUT2D eigenvalue weighted by Crippen LogP contribution is 2.36. The molecule has 0 aliphatic carbocycles. The van der Waals surface area contributed by atoms with Crippen LogP contribution in [-0.4, -0.2) is 35.1 Å². The minimum Gasteiger partial charge on any atom is -0.361 e. The molecule has 2 aliphatic heterocycles. The number of hydrogen-bond acceptors (Lipinski definition) is 4. The van der Waals surface area contributed by atoms with Crippen LogP contribution in [0.2, 0.25) is 0 Å².